The number of carbonyl (C=O) groups excluding carboxylic acids is 1. The Kier molecular flexibility index (Phi) is 7.47. The van der Waals surface area contributed by atoms with Crippen LogP contribution in [-0.2, 0) is 14.8 Å². The maximum Gasteiger partial charge on any atom is 0.252 e. The minimum absolute atomic E-state index is 0. The molecule has 23 heavy (non-hydrogen) atoms. The van der Waals surface area contributed by atoms with Crippen molar-refractivity contribution in [3.63, 3.8) is 0 Å². The molecule has 1 amide bonds. The van der Waals surface area contributed by atoms with E-state index >= 15 is 0 Å². The van der Waals surface area contributed by atoms with Gasteiger partial charge in [0, 0.05) is 31.1 Å². The molecule has 3 N–H and O–H groups in total. The van der Waals surface area contributed by atoms with E-state index in [0.717, 1.165) is 10.4 Å². The first-order valence-electron chi connectivity index (χ1n) is 7.41. The highest BCUT2D eigenvalue weighted by atomic mass is 35.5. The third kappa shape index (κ3) is 4.67. The van der Waals surface area contributed by atoms with Gasteiger partial charge in [-0.25, -0.2) is 8.42 Å². The molecule has 1 fully saturated rings. The Bertz CT molecular complexity index is 646. The predicted octanol–water partition coefficient (Wildman–Crippen LogP) is 1.26. The smallest absolute Gasteiger partial charge is 0.252 e. The molecule has 0 bridgehead atoms. The summed E-state index contributed by atoms with van der Waals surface area (Å²) >= 11 is 1.29. The lowest BCUT2D eigenvalue weighted by Gasteiger charge is -2.31. The molecular formula is C14H24ClN3O3S2. The zero-order valence-electron chi connectivity index (χ0n) is 13.4. The van der Waals surface area contributed by atoms with Gasteiger partial charge < -0.3 is 11.1 Å². The average Bonchev–Trinajstić information content (AvgIpc) is 2.84. The van der Waals surface area contributed by atoms with E-state index in [4.69, 9.17) is 5.73 Å². The zero-order valence-corrected chi connectivity index (χ0v) is 15.8. The number of piperidine rings is 1. The molecule has 132 valence electrons. The van der Waals surface area contributed by atoms with Crippen molar-refractivity contribution >= 4 is 39.7 Å². The van der Waals surface area contributed by atoms with Gasteiger partial charge in [0.15, 0.2) is 0 Å². The van der Waals surface area contributed by atoms with Crippen LogP contribution in [0.5, 0.6) is 0 Å². The van der Waals surface area contributed by atoms with E-state index in [1.54, 1.807) is 0 Å². The SMILES string of the molecule is Cc1cc(C)c(S(=O)(=O)N2CCCC(C(=O)NCCN)C2)s1.Cl. The summed E-state index contributed by atoms with van der Waals surface area (Å²) in [7, 11) is -3.51. The second kappa shape index (κ2) is 8.43. The first kappa shape index (κ1) is 20.4. The summed E-state index contributed by atoms with van der Waals surface area (Å²) in [5.41, 5.74) is 6.15. The molecule has 1 unspecified atom stereocenters. The lowest BCUT2D eigenvalue weighted by atomic mass is 9.99. The molecule has 0 aromatic carbocycles. The van der Waals surface area contributed by atoms with E-state index in [9.17, 15) is 13.2 Å². The molecule has 0 radical (unpaired) electrons. The molecule has 1 aromatic rings. The van der Waals surface area contributed by atoms with Crippen molar-refractivity contribution in [3.05, 3.63) is 16.5 Å². The molecule has 0 spiro atoms. The Balaban J connectivity index is 0.00000264. The second-order valence-corrected chi connectivity index (χ2v) is 9.00. The van der Waals surface area contributed by atoms with E-state index in [-0.39, 0.29) is 30.8 Å². The Morgan fingerprint density at radius 1 is 1.48 bits per heavy atom. The summed E-state index contributed by atoms with van der Waals surface area (Å²) in [6.07, 6.45) is 1.41. The molecule has 0 saturated carbocycles. The average molecular weight is 382 g/mol. The number of nitrogens with one attached hydrogen (secondary N) is 1. The minimum atomic E-state index is -3.51. The summed E-state index contributed by atoms with van der Waals surface area (Å²) < 4.78 is 27.4. The van der Waals surface area contributed by atoms with Gasteiger partial charge in [-0.2, -0.15) is 4.31 Å². The normalized spacial score (nSPS) is 19.2. The van der Waals surface area contributed by atoms with Gasteiger partial charge in [-0.15, -0.1) is 23.7 Å². The van der Waals surface area contributed by atoms with Crippen LogP contribution in [-0.4, -0.2) is 44.8 Å². The lowest BCUT2D eigenvalue weighted by Crippen LogP contribution is -2.46. The topological polar surface area (TPSA) is 92.5 Å². The maximum atomic E-state index is 12.8. The summed E-state index contributed by atoms with van der Waals surface area (Å²) in [6.45, 7) is 5.23. The van der Waals surface area contributed by atoms with Gasteiger partial charge >= 0.3 is 0 Å². The van der Waals surface area contributed by atoms with Gasteiger partial charge in [0.2, 0.25) is 5.91 Å². The lowest BCUT2D eigenvalue weighted by molar-refractivity contribution is -0.126. The largest absolute Gasteiger partial charge is 0.355 e. The molecule has 1 atom stereocenters. The Hall–Kier alpha value is -0.670. The first-order valence-corrected chi connectivity index (χ1v) is 9.67. The van der Waals surface area contributed by atoms with E-state index < -0.39 is 10.0 Å². The van der Waals surface area contributed by atoms with Crippen LogP contribution in [0.1, 0.15) is 23.3 Å². The fourth-order valence-corrected chi connectivity index (χ4v) is 6.03. The number of amides is 1. The standard InChI is InChI=1S/C14H23N3O3S2.ClH/c1-10-8-11(2)21-14(10)22(19,20)17-7-3-4-12(9-17)13(18)16-6-5-15;/h8,12H,3-7,9,15H2,1-2H3,(H,16,18);1H. The molecule has 1 aliphatic heterocycles. The molecule has 2 rings (SSSR count). The number of sulfonamides is 1. The van der Waals surface area contributed by atoms with Crippen LogP contribution in [0.25, 0.3) is 0 Å². The van der Waals surface area contributed by atoms with Gasteiger partial charge in [0.05, 0.1) is 5.92 Å². The molecule has 6 nitrogen and oxygen atoms in total. The first-order chi connectivity index (χ1) is 10.4. The molecular weight excluding hydrogens is 358 g/mol. The van der Waals surface area contributed by atoms with Crippen LogP contribution in [0.3, 0.4) is 0 Å². The van der Waals surface area contributed by atoms with Crippen molar-refractivity contribution in [2.45, 2.75) is 30.9 Å². The van der Waals surface area contributed by atoms with Gasteiger partial charge in [-0.1, -0.05) is 0 Å². The van der Waals surface area contributed by atoms with Gasteiger partial charge in [0.25, 0.3) is 10.0 Å². The molecule has 0 aliphatic carbocycles. The Morgan fingerprint density at radius 2 is 2.17 bits per heavy atom. The fraction of sp³-hybridized carbons (Fsp3) is 0.643. The highest BCUT2D eigenvalue weighted by Gasteiger charge is 2.34. The van der Waals surface area contributed by atoms with Crippen molar-refractivity contribution in [1.82, 2.24) is 9.62 Å². The van der Waals surface area contributed by atoms with Crippen molar-refractivity contribution < 1.29 is 13.2 Å². The second-order valence-electron chi connectivity index (χ2n) is 5.61. The van der Waals surface area contributed by atoms with Crippen LogP contribution < -0.4 is 11.1 Å². The number of hydrogen-bond donors (Lipinski definition) is 2. The maximum absolute atomic E-state index is 12.8. The highest BCUT2D eigenvalue weighted by Crippen LogP contribution is 2.31. The number of nitrogens with two attached hydrogens (primary N) is 1. The number of carbonyl (C=O) groups is 1. The molecule has 1 aromatic heterocycles. The summed E-state index contributed by atoms with van der Waals surface area (Å²) in [4.78, 5) is 13.0. The third-order valence-corrected chi connectivity index (χ3v) is 7.40. The number of thiophene rings is 1. The number of hydrogen-bond acceptors (Lipinski definition) is 5. The predicted molar refractivity (Wildman–Crippen MR) is 94.6 cm³/mol. The third-order valence-electron chi connectivity index (χ3n) is 3.77. The summed E-state index contributed by atoms with van der Waals surface area (Å²) in [5.74, 6) is -0.402. The molecule has 1 aliphatic rings. The van der Waals surface area contributed by atoms with Crippen LogP contribution >= 0.6 is 23.7 Å². The summed E-state index contributed by atoms with van der Waals surface area (Å²) in [6, 6.07) is 1.88. The zero-order chi connectivity index (χ0) is 16.3. The molecule has 9 heteroatoms. The highest BCUT2D eigenvalue weighted by molar-refractivity contribution is 7.91. The molecule has 1 saturated heterocycles. The Labute approximate surface area is 147 Å². The van der Waals surface area contributed by atoms with Crippen LogP contribution in [0, 0.1) is 19.8 Å². The van der Waals surface area contributed by atoms with E-state index in [1.807, 2.05) is 19.9 Å². The number of nitrogens with zero attached hydrogens (tertiary/aromatic N) is 1. The van der Waals surface area contributed by atoms with Crippen LogP contribution in [0.15, 0.2) is 10.3 Å². The molecule has 2 heterocycles. The van der Waals surface area contributed by atoms with E-state index in [2.05, 4.69) is 5.32 Å². The van der Waals surface area contributed by atoms with Crippen molar-refractivity contribution in [1.29, 1.82) is 0 Å². The minimum Gasteiger partial charge on any atom is -0.355 e. The quantitative estimate of drug-likeness (QED) is 0.803. The van der Waals surface area contributed by atoms with Gasteiger partial charge in [-0.3, -0.25) is 4.79 Å². The van der Waals surface area contributed by atoms with E-state index in [1.165, 1.54) is 15.6 Å². The van der Waals surface area contributed by atoms with Gasteiger partial charge in [-0.05, 0) is 38.3 Å². The monoisotopic (exact) mass is 381 g/mol. The van der Waals surface area contributed by atoms with Crippen LogP contribution in [0.2, 0.25) is 0 Å². The summed E-state index contributed by atoms with van der Waals surface area (Å²) in [5, 5.41) is 2.75. The fourth-order valence-electron chi connectivity index (χ4n) is 2.71. The number of aryl methyl sites for hydroxylation is 2. The Morgan fingerprint density at radius 3 is 2.74 bits per heavy atom. The van der Waals surface area contributed by atoms with Gasteiger partial charge in [0.1, 0.15) is 4.21 Å². The van der Waals surface area contributed by atoms with Crippen molar-refractivity contribution in [3.8, 4) is 0 Å². The number of halogens is 1. The van der Waals surface area contributed by atoms with E-state index in [0.29, 0.717) is 36.7 Å². The van der Waals surface area contributed by atoms with Crippen molar-refractivity contribution in [2.75, 3.05) is 26.2 Å². The number of rotatable bonds is 5. The van der Waals surface area contributed by atoms with Crippen molar-refractivity contribution in [2.24, 2.45) is 11.7 Å². The van der Waals surface area contributed by atoms with Crippen LogP contribution in [0.4, 0.5) is 0 Å².